The number of carbonyl (C=O) groups excluding carboxylic acids is 2. The lowest BCUT2D eigenvalue weighted by Gasteiger charge is -2.18. The van der Waals surface area contributed by atoms with Gasteiger partial charge in [-0.3, -0.25) is 14.5 Å². The second kappa shape index (κ2) is 24.0. The number of hydrogen-bond acceptors (Lipinski definition) is 9. The molecule has 0 aliphatic carbocycles. The topological polar surface area (TPSA) is 63.2 Å². The zero-order valence-corrected chi connectivity index (χ0v) is 46.7. The van der Waals surface area contributed by atoms with E-state index >= 15 is 0 Å². The molecule has 1 aromatic carbocycles. The minimum atomic E-state index is -0.218. The molecule has 0 bridgehead atoms. The van der Waals surface area contributed by atoms with E-state index < -0.39 is 0 Å². The van der Waals surface area contributed by atoms with Gasteiger partial charge in [0, 0.05) is 21.2 Å². The summed E-state index contributed by atoms with van der Waals surface area (Å²) in [6, 6.07) is 9.03. The molecule has 0 N–H and O–H groups in total. The zero-order chi connectivity index (χ0) is 48.6. The fourth-order valence-electron chi connectivity index (χ4n) is 9.32. The Hall–Kier alpha value is -3.64. The molecule has 5 nitrogen and oxygen atoms in total. The molecule has 2 amide bonds. The van der Waals surface area contributed by atoms with Crippen LogP contribution >= 0.6 is 56.7 Å². The quantitative estimate of drug-likeness (QED) is 0.0474. The molecular weight excluding hydrogens is 931 g/mol. The summed E-state index contributed by atoms with van der Waals surface area (Å²) in [6.45, 7) is 25.1. The molecule has 0 fully saturated rings. The Labute approximate surface area is 428 Å². The Balaban J connectivity index is 1.23. The highest BCUT2D eigenvalue weighted by Crippen LogP contribution is 2.45. The Morgan fingerprint density at radius 2 is 0.985 bits per heavy atom. The molecule has 0 radical (unpaired) electrons. The van der Waals surface area contributed by atoms with E-state index in [0.717, 1.165) is 93.7 Å². The zero-order valence-electron chi connectivity index (χ0n) is 42.6. The molecule has 1 aliphatic rings. The second-order valence-corrected chi connectivity index (χ2v) is 26.5. The molecule has 0 spiro atoms. The Kier molecular flexibility index (Phi) is 18.4. The van der Waals surface area contributed by atoms with Crippen LogP contribution in [0, 0.1) is 66.1 Å². The summed E-state index contributed by atoms with van der Waals surface area (Å²) in [5.74, 6) is 17.4. The van der Waals surface area contributed by atoms with Gasteiger partial charge in [0.2, 0.25) is 0 Å². The van der Waals surface area contributed by atoms with E-state index in [4.69, 9.17) is 9.97 Å². The van der Waals surface area contributed by atoms with Crippen LogP contribution < -0.4 is 0 Å². The molecule has 1 aliphatic heterocycles. The van der Waals surface area contributed by atoms with Crippen molar-refractivity contribution in [2.45, 2.75) is 166 Å². The average Bonchev–Trinajstić information content (AvgIpc) is 4.15. The number of nitrogens with zero attached hydrogens (tertiary/aromatic N) is 3. The van der Waals surface area contributed by atoms with Crippen LogP contribution in [0.2, 0.25) is 0 Å². The number of aromatic nitrogens is 2. The summed E-state index contributed by atoms with van der Waals surface area (Å²) in [5, 5.41) is 1.93. The Morgan fingerprint density at radius 1 is 0.529 bits per heavy atom. The highest BCUT2D eigenvalue weighted by molar-refractivity contribution is 7.27. The van der Waals surface area contributed by atoms with Gasteiger partial charge in [-0.25, -0.2) is 9.97 Å². The summed E-state index contributed by atoms with van der Waals surface area (Å²) in [7, 11) is 0. The molecule has 362 valence electrons. The van der Waals surface area contributed by atoms with Crippen molar-refractivity contribution < 1.29 is 9.59 Å². The molecule has 68 heavy (non-hydrogen) atoms. The molecule has 7 rings (SSSR count). The highest BCUT2D eigenvalue weighted by Gasteiger charge is 2.40. The van der Waals surface area contributed by atoms with Crippen LogP contribution in [-0.2, 0) is 12.8 Å². The van der Waals surface area contributed by atoms with E-state index in [-0.39, 0.29) is 11.8 Å². The van der Waals surface area contributed by atoms with Gasteiger partial charge in [-0.2, -0.15) is 0 Å². The third-order valence-corrected chi connectivity index (χ3v) is 19.3. The van der Waals surface area contributed by atoms with E-state index in [9.17, 15) is 9.59 Å². The predicted octanol–water partition coefficient (Wildman–Crippen LogP) is 17.7. The Morgan fingerprint density at radius 3 is 1.46 bits per heavy atom. The number of thiazole rings is 2. The van der Waals surface area contributed by atoms with Crippen molar-refractivity contribution in [3.05, 3.63) is 66.0 Å². The van der Waals surface area contributed by atoms with Crippen molar-refractivity contribution in [1.82, 2.24) is 14.9 Å². The first kappa shape index (κ1) is 52.2. The number of carbonyl (C=O) groups is 2. The third kappa shape index (κ3) is 12.8. The smallest absolute Gasteiger partial charge is 0.263 e. The van der Waals surface area contributed by atoms with Gasteiger partial charge in [0.05, 0.1) is 46.3 Å². The van der Waals surface area contributed by atoms with E-state index in [2.05, 4.69) is 110 Å². The van der Waals surface area contributed by atoms with E-state index in [0.29, 0.717) is 46.2 Å². The second-order valence-electron chi connectivity index (χ2n) is 21.0. The third-order valence-electron chi connectivity index (χ3n) is 13.5. The summed E-state index contributed by atoms with van der Waals surface area (Å²) in [4.78, 5) is 46.9. The van der Waals surface area contributed by atoms with Crippen LogP contribution in [0.3, 0.4) is 0 Å². The minimum Gasteiger partial charge on any atom is -0.274 e. The van der Waals surface area contributed by atoms with Crippen LogP contribution in [0.1, 0.15) is 198 Å². The normalized spacial score (nSPS) is 14.1. The molecule has 5 aromatic heterocycles. The van der Waals surface area contributed by atoms with Crippen molar-refractivity contribution >= 4 is 88.9 Å². The van der Waals surface area contributed by atoms with Crippen molar-refractivity contribution in [2.24, 2.45) is 35.5 Å². The van der Waals surface area contributed by atoms with E-state index in [1.54, 1.807) is 22.7 Å². The largest absolute Gasteiger partial charge is 0.274 e. The van der Waals surface area contributed by atoms with Crippen molar-refractivity contribution in [3.8, 4) is 43.5 Å². The first-order valence-electron chi connectivity index (χ1n) is 25.5. The first-order chi connectivity index (χ1) is 32.6. The first-order valence-corrected chi connectivity index (χ1v) is 29.6. The number of imide groups is 1. The predicted molar refractivity (Wildman–Crippen MR) is 297 cm³/mol. The maximum Gasteiger partial charge on any atom is 0.263 e. The van der Waals surface area contributed by atoms with Gasteiger partial charge in [0.15, 0.2) is 0 Å². The maximum absolute atomic E-state index is 14.2. The van der Waals surface area contributed by atoms with Crippen LogP contribution in [0.25, 0.3) is 40.2 Å². The van der Waals surface area contributed by atoms with Gasteiger partial charge in [-0.05, 0) is 112 Å². The Bertz CT molecular complexity index is 2700. The van der Waals surface area contributed by atoms with Crippen LogP contribution in [0.15, 0.2) is 24.3 Å². The average molecular weight is 1000 g/mol. The van der Waals surface area contributed by atoms with Crippen LogP contribution in [0.4, 0.5) is 0 Å². The fourth-order valence-corrected chi connectivity index (χ4v) is 14.6. The molecule has 3 atom stereocenters. The van der Waals surface area contributed by atoms with Gasteiger partial charge in [0.25, 0.3) is 11.8 Å². The lowest BCUT2D eigenvalue weighted by molar-refractivity contribution is 0.0645. The number of benzene rings is 1. The number of hydrogen-bond donors (Lipinski definition) is 0. The van der Waals surface area contributed by atoms with Crippen LogP contribution in [-0.4, -0.2) is 33.2 Å². The van der Waals surface area contributed by atoms with Crippen molar-refractivity contribution in [2.75, 3.05) is 6.54 Å². The van der Waals surface area contributed by atoms with E-state index in [1.165, 1.54) is 90.2 Å². The number of thiophene rings is 3. The highest BCUT2D eigenvalue weighted by atomic mass is 32.1. The number of amides is 2. The van der Waals surface area contributed by atoms with Crippen molar-refractivity contribution in [3.63, 3.8) is 0 Å². The number of rotatable bonds is 23. The molecule has 0 saturated carbocycles. The lowest BCUT2D eigenvalue weighted by Crippen LogP contribution is -2.32. The molecule has 10 heteroatoms. The monoisotopic (exact) mass is 1000 g/mol. The van der Waals surface area contributed by atoms with Gasteiger partial charge in [-0.1, -0.05) is 132 Å². The molecule has 0 saturated heterocycles. The summed E-state index contributed by atoms with van der Waals surface area (Å²) >= 11 is 8.48. The lowest BCUT2D eigenvalue weighted by atomic mass is 9.96. The van der Waals surface area contributed by atoms with Gasteiger partial charge < -0.3 is 0 Å². The maximum atomic E-state index is 14.2. The van der Waals surface area contributed by atoms with Gasteiger partial charge in [-0.15, -0.1) is 62.6 Å². The van der Waals surface area contributed by atoms with Gasteiger partial charge in [0.1, 0.15) is 21.0 Å². The fraction of sp³-hybridized carbons (Fsp3) is 0.552. The van der Waals surface area contributed by atoms with E-state index in [1.807, 2.05) is 36.5 Å². The molecular formula is C58H73N3O2S5. The van der Waals surface area contributed by atoms with Crippen molar-refractivity contribution in [1.29, 1.82) is 0 Å². The summed E-state index contributed by atoms with van der Waals surface area (Å²) < 4.78 is 1.95. The van der Waals surface area contributed by atoms with Crippen LogP contribution in [0.5, 0.6) is 0 Å². The summed E-state index contributed by atoms with van der Waals surface area (Å²) in [6.07, 6.45) is 16.6. The number of aryl methyl sites for hydroxylation is 3. The number of fused-ring (bicyclic) bond motifs is 3. The SMILES string of the molecule is CC#Cc1c2nc(-c3ccc(CCC(C)CCCC(C)C)s3)sc2c(C#Cc2sc(C)c3c2C(=O)N(CCC(C)CCCC(C)C)C3=O)c2nc(-c3ccc(CCC(C)CCCC(C)C)s3)sc12. The standard InChI is InChI=1S/C58H73N3O2S5/c1-12-16-44-51-54(68-55(59-51)47-30-27-42(65-47)25-23-38(8)20-13-17-35(2)3)45(52-53(44)67-56(60-52)48-31-28-43(66-48)26-24-39(9)21-14-18-36(4)5)29-32-46-50-49(41(11)64-46)57(62)61(58(50)63)34-33-40(10)22-15-19-37(6)7/h27-28,30-31,35-40H,13-15,17-26,33-34H2,1-11H3. The molecule has 3 unspecified atom stereocenters. The molecule has 6 heterocycles. The molecule has 6 aromatic rings. The van der Waals surface area contributed by atoms with Gasteiger partial charge >= 0.3 is 0 Å². The minimum absolute atomic E-state index is 0.184. The summed E-state index contributed by atoms with van der Waals surface area (Å²) in [5.41, 5.74) is 4.37.